The Kier molecular flexibility index (Phi) is 3.62. The molecule has 5 heteroatoms. The number of ether oxygens (including phenoxy) is 1. The van der Waals surface area contributed by atoms with Crippen LogP contribution in [0.5, 0.6) is 5.75 Å². The van der Waals surface area contributed by atoms with Crippen LogP contribution >= 0.6 is 11.3 Å². The predicted octanol–water partition coefficient (Wildman–Crippen LogP) is 3.22. The normalized spacial score (nSPS) is 10.3. The summed E-state index contributed by atoms with van der Waals surface area (Å²) in [6, 6.07) is 7.51. The van der Waals surface area contributed by atoms with E-state index in [1.807, 2.05) is 31.2 Å². The summed E-state index contributed by atoms with van der Waals surface area (Å²) in [5.41, 5.74) is 1.37. The van der Waals surface area contributed by atoms with Crippen molar-refractivity contribution < 1.29 is 14.6 Å². The number of aromatic carboxylic acids is 1. The molecule has 0 saturated heterocycles. The summed E-state index contributed by atoms with van der Waals surface area (Å²) in [4.78, 5) is 15.6. The van der Waals surface area contributed by atoms with Gasteiger partial charge in [-0.2, -0.15) is 0 Å². The molecule has 1 N–H and O–H groups in total. The van der Waals surface area contributed by atoms with E-state index in [0.29, 0.717) is 17.3 Å². The molecule has 0 fully saturated rings. The van der Waals surface area contributed by atoms with Gasteiger partial charge < -0.3 is 9.84 Å². The number of aromatic nitrogens is 1. The molecule has 2 aromatic rings. The maximum atomic E-state index is 11.0. The van der Waals surface area contributed by atoms with Crippen molar-refractivity contribution in [2.45, 2.75) is 13.8 Å². The molecular formula is C13H13NO3S. The second-order valence-corrected chi connectivity index (χ2v) is 4.67. The van der Waals surface area contributed by atoms with Crippen molar-refractivity contribution in [3.8, 4) is 16.3 Å². The van der Waals surface area contributed by atoms with Gasteiger partial charge in [0.05, 0.1) is 17.9 Å². The van der Waals surface area contributed by atoms with Crippen molar-refractivity contribution in [2.75, 3.05) is 6.61 Å². The maximum absolute atomic E-state index is 11.0. The summed E-state index contributed by atoms with van der Waals surface area (Å²) in [7, 11) is 0. The molecule has 0 bridgehead atoms. The molecule has 0 unspecified atom stereocenters. The van der Waals surface area contributed by atoms with Crippen LogP contribution in [0, 0.1) is 6.92 Å². The summed E-state index contributed by atoms with van der Waals surface area (Å²) >= 11 is 1.17. The van der Waals surface area contributed by atoms with Crippen LogP contribution in [-0.2, 0) is 0 Å². The van der Waals surface area contributed by atoms with Gasteiger partial charge in [0.25, 0.3) is 0 Å². The van der Waals surface area contributed by atoms with E-state index in [1.165, 1.54) is 11.3 Å². The maximum Gasteiger partial charge on any atom is 0.347 e. The zero-order valence-electron chi connectivity index (χ0n) is 10.1. The predicted molar refractivity (Wildman–Crippen MR) is 70.4 cm³/mol. The van der Waals surface area contributed by atoms with Crippen LogP contribution in [0.3, 0.4) is 0 Å². The molecule has 1 aromatic carbocycles. The minimum Gasteiger partial charge on any atom is -0.493 e. The number of hydrogen-bond donors (Lipinski definition) is 1. The van der Waals surface area contributed by atoms with Crippen LogP contribution in [0.25, 0.3) is 10.6 Å². The van der Waals surface area contributed by atoms with Crippen LogP contribution in [0.1, 0.15) is 22.3 Å². The quantitative estimate of drug-likeness (QED) is 0.920. The third-order valence-electron chi connectivity index (χ3n) is 2.41. The lowest BCUT2D eigenvalue weighted by molar-refractivity contribution is 0.0701. The van der Waals surface area contributed by atoms with Gasteiger partial charge in [0.2, 0.25) is 0 Å². The highest BCUT2D eigenvalue weighted by Crippen LogP contribution is 2.34. The Morgan fingerprint density at radius 1 is 1.44 bits per heavy atom. The average molecular weight is 263 g/mol. The molecule has 0 aliphatic carbocycles. The van der Waals surface area contributed by atoms with Crippen LogP contribution in [0.2, 0.25) is 0 Å². The molecule has 18 heavy (non-hydrogen) atoms. The van der Waals surface area contributed by atoms with Gasteiger partial charge in [-0.3, -0.25) is 0 Å². The fourth-order valence-corrected chi connectivity index (χ4v) is 2.57. The molecule has 0 amide bonds. The Bertz CT molecular complexity index is 577. The van der Waals surface area contributed by atoms with E-state index in [9.17, 15) is 4.79 Å². The summed E-state index contributed by atoms with van der Waals surface area (Å²) in [5.74, 6) is -0.212. The van der Waals surface area contributed by atoms with E-state index in [0.717, 1.165) is 11.3 Å². The Morgan fingerprint density at radius 2 is 2.17 bits per heavy atom. The van der Waals surface area contributed by atoms with Gasteiger partial charge in [-0.25, -0.2) is 9.78 Å². The second-order valence-electron chi connectivity index (χ2n) is 3.67. The Morgan fingerprint density at radius 3 is 2.78 bits per heavy atom. The van der Waals surface area contributed by atoms with E-state index >= 15 is 0 Å². The first-order chi connectivity index (χ1) is 8.63. The first-order valence-corrected chi connectivity index (χ1v) is 6.38. The molecule has 2 rings (SSSR count). The molecule has 0 aliphatic rings. The molecule has 0 atom stereocenters. The van der Waals surface area contributed by atoms with E-state index in [4.69, 9.17) is 9.84 Å². The van der Waals surface area contributed by atoms with Gasteiger partial charge in [-0.05, 0) is 26.0 Å². The molecule has 1 aromatic heterocycles. The second kappa shape index (κ2) is 5.18. The summed E-state index contributed by atoms with van der Waals surface area (Å²) < 4.78 is 5.52. The Balaban J connectivity index is 2.48. The molecule has 1 heterocycles. The zero-order valence-corrected chi connectivity index (χ0v) is 11.0. The van der Waals surface area contributed by atoms with Gasteiger partial charge in [0, 0.05) is 0 Å². The van der Waals surface area contributed by atoms with E-state index in [-0.39, 0.29) is 4.88 Å². The number of para-hydroxylation sites is 1. The SMILES string of the molecule is CCOc1ccccc1-c1nc(C)c(C(=O)O)s1. The molecule has 0 aliphatic heterocycles. The summed E-state index contributed by atoms with van der Waals surface area (Å²) in [6.45, 7) is 4.17. The largest absolute Gasteiger partial charge is 0.493 e. The van der Waals surface area contributed by atoms with Crippen molar-refractivity contribution in [3.05, 3.63) is 34.8 Å². The van der Waals surface area contributed by atoms with E-state index in [2.05, 4.69) is 4.98 Å². The van der Waals surface area contributed by atoms with Crippen molar-refractivity contribution in [3.63, 3.8) is 0 Å². The third kappa shape index (κ3) is 2.36. The molecular weight excluding hydrogens is 250 g/mol. The average Bonchev–Trinajstić information content (AvgIpc) is 2.72. The molecule has 0 saturated carbocycles. The van der Waals surface area contributed by atoms with Crippen molar-refractivity contribution >= 4 is 17.3 Å². The minimum atomic E-state index is -0.940. The highest BCUT2D eigenvalue weighted by atomic mass is 32.1. The number of carbonyl (C=O) groups is 1. The lowest BCUT2D eigenvalue weighted by atomic mass is 10.2. The number of hydrogen-bond acceptors (Lipinski definition) is 4. The molecule has 0 radical (unpaired) electrons. The van der Waals surface area contributed by atoms with Crippen molar-refractivity contribution in [2.24, 2.45) is 0 Å². The zero-order chi connectivity index (χ0) is 13.1. The van der Waals surface area contributed by atoms with Gasteiger partial charge >= 0.3 is 5.97 Å². The fraction of sp³-hybridized carbons (Fsp3) is 0.231. The number of nitrogens with zero attached hydrogens (tertiary/aromatic N) is 1. The first-order valence-electron chi connectivity index (χ1n) is 5.56. The monoisotopic (exact) mass is 263 g/mol. The van der Waals surface area contributed by atoms with Crippen LogP contribution in [0.4, 0.5) is 0 Å². The Hall–Kier alpha value is -1.88. The topological polar surface area (TPSA) is 59.4 Å². The smallest absolute Gasteiger partial charge is 0.347 e. The standard InChI is InChI=1S/C13H13NO3S/c1-3-17-10-7-5-4-6-9(10)12-14-8(2)11(18-12)13(15)16/h4-7H,3H2,1-2H3,(H,15,16). The first kappa shape index (κ1) is 12.6. The number of benzene rings is 1. The number of aryl methyl sites for hydroxylation is 1. The van der Waals surface area contributed by atoms with Gasteiger partial charge in [0.15, 0.2) is 0 Å². The summed E-state index contributed by atoms with van der Waals surface area (Å²) in [5, 5.41) is 9.71. The van der Waals surface area contributed by atoms with Crippen molar-refractivity contribution in [1.29, 1.82) is 0 Å². The highest BCUT2D eigenvalue weighted by molar-refractivity contribution is 7.17. The fourth-order valence-electron chi connectivity index (χ4n) is 1.63. The summed E-state index contributed by atoms with van der Waals surface area (Å²) in [6.07, 6.45) is 0. The van der Waals surface area contributed by atoms with E-state index < -0.39 is 5.97 Å². The van der Waals surface area contributed by atoms with Crippen LogP contribution in [-0.4, -0.2) is 22.7 Å². The van der Waals surface area contributed by atoms with Crippen LogP contribution < -0.4 is 4.74 Å². The molecule has 0 spiro atoms. The highest BCUT2D eigenvalue weighted by Gasteiger charge is 2.17. The van der Waals surface area contributed by atoms with Gasteiger partial charge in [-0.1, -0.05) is 12.1 Å². The minimum absolute atomic E-state index is 0.274. The van der Waals surface area contributed by atoms with Gasteiger partial charge in [0.1, 0.15) is 15.6 Å². The molecule has 94 valence electrons. The van der Waals surface area contributed by atoms with Crippen LogP contribution in [0.15, 0.2) is 24.3 Å². The lowest BCUT2D eigenvalue weighted by Gasteiger charge is -2.06. The number of carboxylic acid groups (broad SMARTS) is 1. The van der Waals surface area contributed by atoms with E-state index in [1.54, 1.807) is 6.92 Å². The number of thiazole rings is 1. The number of carboxylic acids is 1. The van der Waals surface area contributed by atoms with Gasteiger partial charge in [-0.15, -0.1) is 11.3 Å². The third-order valence-corrected chi connectivity index (χ3v) is 3.59. The lowest BCUT2D eigenvalue weighted by Crippen LogP contribution is -1.94. The molecule has 4 nitrogen and oxygen atoms in total. The number of rotatable bonds is 4. The Labute approximate surface area is 109 Å². The van der Waals surface area contributed by atoms with Crippen molar-refractivity contribution in [1.82, 2.24) is 4.98 Å².